The summed E-state index contributed by atoms with van der Waals surface area (Å²) in [5.41, 5.74) is 12.2. The number of Topliss-reactive ketones (excluding diaryl/α,β-unsaturated/α-hetero) is 1. The predicted octanol–water partition coefficient (Wildman–Crippen LogP) is 3.13. The first kappa shape index (κ1) is 82.3. The molecule has 2 fully saturated rings. The average Bonchev–Trinajstić information content (AvgIpc) is 1.61. The Bertz CT molecular complexity index is 3660. The predicted molar refractivity (Wildman–Crippen MR) is 385 cm³/mol. The van der Waals surface area contributed by atoms with Gasteiger partial charge in [-0.2, -0.15) is 4.98 Å². The molecule has 0 bridgehead atoms. The zero-order chi connectivity index (χ0) is 74.8. The van der Waals surface area contributed by atoms with E-state index in [0.717, 1.165) is 17.0 Å². The Labute approximate surface area is 603 Å². The number of aliphatic hydroxyl groups is 2. The monoisotopic (exact) mass is 1480 g/mol. The zero-order valence-electron chi connectivity index (χ0n) is 58.6. The van der Waals surface area contributed by atoms with Crippen molar-refractivity contribution in [2.45, 2.75) is 193 Å². The van der Waals surface area contributed by atoms with E-state index in [2.05, 4.69) is 67.0 Å². The third-order valence-electron chi connectivity index (χ3n) is 17.7. The second kappa shape index (κ2) is 40.3. The number of H-pyrrole nitrogens is 1. The number of fused-ring (bicyclic) bond motifs is 2. The number of nitrogens with zero attached hydrogens (tertiary/aromatic N) is 5. The zero-order valence-corrected chi connectivity index (χ0v) is 61.0. The minimum Gasteiger partial charge on any atom is -0.458 e. The number of rotatable bonds is 34. The van der Waals surface area contributed by atoms with Gasteiger partial charge in [0, 0.05) is 84.5 Å². The molecule has 6 rings (SSSR count). The summed E-state index contributed by atoms with van der Waals surface area (Å²) >= 11 is 1.48. The molecule has 2 saturated heterocycles. The first-order chi connectivity index (χ1) is 48.5. The van der Waals surface area contributed by atoms with Gasteiger partial charge in [0.2, 0.25) is 29.6 Å². The number of aldehydes is 2. The molecule has 2 unspecified atom stereocenters. The Morgan fingerprint density at radius 1 is 0.922 bits per heavy atom. The Balaban J connectivity index is 0.925. The van der Waals surface area contributed by atoms with Gasteiger partial charge in [0.1, 0.15) is 55.8 Å². The van der Waals surface area contributed by atoms with Gasteiger partial charge in [-0.15, -0.1) is 11.3 Å². The molecule has 0 saturated carbocycles. The summed E-state index contributed by atoms with van der Waals surface area (Å²) in [6.45, 7) is 14.3. The number of esters is 1. The summed E-state index contributed by atoms with van der Waals surface area (Å²) in [6, 6.07) is 1.01. The number of amides is 5. The van der Waals surface area contributed by atoms with Crippen LogP contribution in [-0.2, 0) is 59.1 Å². The van der Waals surface area contributed by atoms with Crippen molar-refractivity contribution >= 4 is 128 Å². The minimum absolute atomic E-state index is 0.0146. The Morgan fingerprint density at radius 3 is 2.31 bits per heavy atom. The minimum atomic E-state index is -1.42. The average molecular weight is 1480 g/mol. The number of hydrogen-bond acceptors (Lipinski definition) is 27. The lowest BCUT2D eigenvalue weighted by Gasteiger charge is -2.34. The van der Waals surface area contributed by atoms with Gasteiger partial charge in [0.15, 0.2) is 17.1 Å². The van der Waals surface area contributed by atoms with Crippen molar-refractivity contribution in [1.29, 1.82) is 5.41 Å². The summed E-state index contributed by atoms with van der Waals surface area (Å²) in [7, 11) is 2.48. The smallest absolute Gasteiger partial charge is 0.458 e. The van der Waals surface area contributed by atoms with E-state index in [1.54, 1.807) is 58.9 Å². The SMILES string of the molecule is CC[C@H](NC(=O)[C@H](CCCNC(=N)N)NC(=O)[C@H](CC=O)NC(=O)CC[C@@H](C)NC(=O)c1ccc(NCc2cnc3nc(N)[nH]c(=O)c3n2)cc1)C(=O)NC(C=O)CSSCCOC(=O)OCCN1[C@@H]2CCC[C@H](C)[C@H](O)[C@@H](C)C(=O)C(C)(C)[C@@H](O)CC(=O)O[C@H](/C(C)=C/c3csc(C)n3)C[C@@H]21. The first-order valence-electron chi connectivity index (χ1n) is 33.9. The maximum absolute atomic E-state index is 13.9. The molecule has 5 amide bonds. The number of aryl methyl sites for hydroxylation is 1. The van der Waals surface area contributed by atoms with Crippen molar-refractivity contribution < 1.29 is 72.4 Å². The third-order valence-corrected chi connectivity index (χ3v) is 20.9. The molecule has 35 heteroatoms. The van der Waals surface area contributed by atoms with Crippen LogP contribution in [0.5, 0.6) is 0 Å². The van der Waals surface area contributed by atoms with E-state index in [0.29, 0.717) is 61.0 Å². The summed E-state index contributed by atoms with van der Waals surface area (Å²) in [4.78, 5) is 165. The number of ether oxygens (including phenoxy) is 3. The van der Waals surface area contributed by atoms with Crippen LogP contribution < -0.4 is 54.2 Å². The molecule has 0 radical (unpaired) electrons. The number of nitrogens with two attached hydrogens (primary N) is 2. The number of anilines is 2. The van der Waals surface area contributed by atoms with Crippen molar-refractivity contribution in [2.24, 2.45) is 23.0 Å². The quantitative estimate of drug-likeness (QED) is 0.00607. The van der Waals surface area contributed by atoms with Crippen molar-refractivity contribution in [3.05, 3.63) is 73.7 Å². The molecule has 5 heterocycles. The van der Waals surface area contributed by atoms with Gasteiger partial charge in [0.05, 0.1) is 59.2 Å². The second-order valence-corrected chi connectivity index (χ2v) is 29.6. The standard InChI is InChI=1S/C67H96N16O16S3/c1-9-46(79-61(93)47(13-11-22-71-64(68)69)80-62(94)48(21-24-84)78-53(87)20-15-38(4)74-59(91)41-16-18-42(19-17-41)72-31-44-32-73-58-55(76-44)63(95)82-65(70)81-58)60(92)77-45(33-85)35-102-101-27-26-98-66(96)97-25-23-83-49-14-10-12-36(2)56(89)39(5)57(90)67(7,8)52(86)30-54(88)99-51(29-50(49)83)37(3)28-43-34-100-40(6)75-43/h16-19,24,28,32-34,36,38-39,45-52,56,72,86,89H,9-15,20-23,25-27,29-31,35H2,1-8H3,(H,74,91)(H,77,92)(H,78,87)(H,79,93)(H,80,94)(H4,68,69,71)(H3,70,73,81,82,95)/b37-28+/t36-,38+,39+,45?,46-,47-,48-,49+,50-,51-,52-,56-,83?/m0/s1. The Hall–Kier alpha value is -8.64. The fraction of sp³-hybridized carbons (Fsp3) is 0.582. The lowest BCUT2D eigenvalue weighted by atomic mass is 9.73. The highest BCUT2D eigenvalue weighted by atomic mass is 33.1. The van der Waals surface area contributed by atoms with Gasteiger partial charge >= 0.3 is 12.1 Å². The molecule has 32 nitrogen and oxygen atoms in total. The van der Waals surface area contributed by atoms with Crippen LogP contribution in [0.25, 0.3) is 17.2 Å². The van der Waals surface area contributed by atoms with Gasteiger partial charge in [-0.05, 0) is 101 Å². The van der Waals surface area contributed by atoms with Gasteiger partial charge < -0.3 is 82.7 Å². The van der Waals surface area contributed by atoms with Crippen LogP contribution in [0.4, 0.5) is 16.4 Å². The molecule has 15 N–H and O–H groups in total. The van der Waals surface area contributed by atoms with E-state index in [1.165, 1.54) is 39.1 Å². The van der Waals surface area contributed by atoms with Crippen LogP contribution in [0.2, 0.25) is 0 Å². The molecule has 2 aliphatic heterocycles. The van der Waals surface area contributed by atoms with Crippen LogP contribution in [0.1, 0.15) is 146 Å². The van der Waals surface area contributed by atoms with E-state index in [-0.39, 0.29) is 117 Å². The molecule has 102 heavy (non-hydrogen) atoms. The highest BCUT2D eigenvalue weighted by molar-refractivity contribution is 8.76. The largest absolute Gasteiger partial charge is 0.508 e. The number of aromatic nitrogens is 5. The fourth-order valence-corrected chi connectivity index (χ4v) is 14.1. The van der Waals surface area contributed by atoms with E-state index >= 15 is 0 Å². The molecule has 558 valence electrons. The molecular weight excluding hydrogens is 1380 g/mol. The molecule has 3 aromatic heterocycles. The van der Waals surface area contributed by atoms with Crippen LogP contribution in [0.15, 0.2) is 46.2 Å². The fourth-order valence-electron chi connectivity index (χ4n) is 11.6. The van der Waals surface area contributed by atoms with E-state index in [4.69, 9.17) is 31.1 Å². The summed E-state index contributed by atoms with van der Waals surface area (Å²) in [6.07, 6.45) is 2.08. The summed E-state index contributed by atoms with van der Waals surface area (Å²) in [5, 5.41) is 51.7. The lowest BCUT2D eigenvalue weighted by molar-refractivity contribution is -0.154. The number of thiazole rings is 1. The Morgan fingerprint density at radius 2 is 1.63 bits per heavy atom. The number of nitrogens with one attached hydrogen (secondary N) is 9. The van der Waals surface area contributed by atoms with Crippen molar-refractivity contribution in [3.8, 4) is 0 Å². The summed E-state index contributed by atoms with van der Waals surface area (Å²) in [5.74, 6) is -5.53. The van der Waals surface area contributed by atoms with Crippen LogP contribution in [0, 0.1) is 29.6 Å². The van der Waals surface area contributed by atoms with Crippen LogP contribution in [-0.4, -0.2) is 204 Å². The number of benzene rings is 1. The topological polar surface area (TPSA) is 486 Å². The molecule has 2 aliphatic rings. The highest BCUT2D eigenvalue weighted by Gasteiger charge is 2.49. The number of guanidine groups is 1. The molecule has 4 aromatic rings. The molecule has 13 atom stereocenters. The van der Waals surface area contributed by atoms with Crippen molar-refractivity contribution in [2.75, 3.05) is 48.9 Å². The third kappa shape index (κ3) is 25.7. The maximum Gasteiger partial charge on any atom is 0.508 e. The van der Waals surface area contributed by atoms with Crippen LogP contribution in [0.3, 0.4) is 0 Å². The number of ketones is 1. The number of hydrogen-bond donors (Lipinski definition) is 13. The normalized spacial score (nSPS) is 21.6. The molecular formula is C67H96N16O16S3. The number of aliphatic hydroxyl groups excluding tert-OH is 2. The molecule has 0 aliphatic carbocycles. The first-order valence-corrected chi connectivity index (χ1v) is 37.2. The number of carbonyl (C=O) groups excluding carboxylic acids is 10. The van der Waals surface area contributed by atoms with Crippen molar-refractivity contribution in [1.82, 2.24) is 61.7 Å². The number of nitrogen functional groups attached to an aromatic ring is 1. The molecule has 0 spiro atoms. The summed E-state index contributed by atoms with van der Waals surface area (Å²) < 4.78 is 16.9. The maximum atomic E-state index is 13.9. The van der Waals surface area contributed by atoms with Crippen molar-refractivity contribution in [3.63, 3.8) is 0 Å². The molecule has 1 aromatic carbocycles. The number of cyclic esters (lactones) is 1. The van der Waals surface area contributed by atoms with E-state index in [1.807, 2.05) is 32.2 Å². The highest BCUT2D eigenvalue weighted by Crippen LogP contribution is 2.39. The second-order valence-electron chi connectivity index (χ2n) is 25.9. The lowest BCUT2D eigenvalue weighted by Crippen LogP contribution is -2.57. The van der Waals surface area contributed by atoms with Gasteiger partial charge in [-0.3, -0.25) is 53.6 Å². The number of carbonyl (C=O) groups is 10. The van der Waals surface area contributed by atoms with Gasteiger partial charge in [-0.1, -0.05) is 62.6 Å². The van der Waals surface area contributed by atoms with Crippen LogP contribution >= 0.6 is 32.9 Å². The van der Waals surface area contributed by atoms with Gasteiger partial charge in [-0.25, -0.2) is 19.7 Å². The number of aromatic amines is 1. The van der Waals surface area contributed by atoms with E-state index in [9.17, 15) is 63.0 Å². The van der Waals surface area contributed by atoms with E-state index < -0.39 is 120 Å². The Kier molecular flexibility index (Phi) is 32.5. The van der Waals surface area contributed by atoms with Gasteiger partial charge in [0.25, 0.3) is 11.5 Å².